The van der Waals surface area contributed by atoms with Gasteiger partial charge in [0.05, 0.1) is 5.92 Å². The fourth-order valence-electron chi connectivity index (χ4n) is 3.89. The van der Waals surface area contributed by atoms with E-state index in [1.165, 1.54) is 0 Å². The number of nitriles is 1. The predicted molar refractivity (Wildman–Crippen MR) is 108 cm³/mol. The molecule has 0 spiro atoms. The molecule has 2 aromatic rings. The number of hydrogen-bond donors (Lipinski definition) is 1. The first kappa shape index (κ1) is 18.6. The Hall–Kier alpha value is -2.74. The van der Waals surface area contributed by atoms with Gasteiger partial charge < -0.3 is 10.5 Å². The van der Waals surface area contributed by atoms with Crippen molar-refractivity contribution in [2.24, 2.45) is 5.73 Å². The van der Waals surface area contributed by atoms with Gasteiger partial charge in [0.1, 0.15) is 17.4 Å². The van der Waals surface area contributed by atoms with Crippen LogP contribution in [0.2, 0.25) is 10.0 Å². The van der Waals surface area contributed by atoms with Crippen LogP contribution in [0.15, 0.2) is 71.3 Å². The van der Waals surface area contributed by atoms with E-state index in [-0.39, 0.29) is 23.2 Å². The molecule has 6 heteroatoms. The minimum absolute atomic E-state index is 0.0424. The molecule has 0 bridgehead atoms. The van der Waals surface area contributed by atoms with Gasteiger partial charge in [0.25, 0.3) is 0 Å². The first-order chi connectivity index (χ1) is 13.5. The standard InChI is InChI=1S/C22H16Cl2N2O2/c23-15-6-4-12(5-7-15)20-17(11-25)22(26)28-19-10-14(9-18(27)21(19)20)13-2-1-3-16(24)8-13/h1-8,14,20H,9-10,26H2/t14-,20-/m0/s1. The molecule has 2 atom stereocenters. The highest BCUT2D eigenvalue weighted by molar-refractivity contribution is 6.30. The monoisotopic (exact) mass is 410 g/mol. The lowest BCUT2D eigenvalue weighted by Crippen LogP contribution is -2.29. The highest BCUT2D eigenvalue weighted by Crippen LogP contribution is 2.46. The Kier molecular flexibility index (Phi) is 4.89. The number of Topliss-reactive ketones (excluding diaryl/α,β-unsaturated/α-hetero) is 1. The van der Waals surface area contributed by atoms with Crippen LogP contribution >= 0.6 is 23.2 Å². The molecular weight excluding hydrogens is 395 g/mol. The molecule has 0 unspecified atom stereocenters. The van der Waals surface area contributed by atoms with E-state index in [0.717, 1.165) is 11.1 Å². The maximum absolute atomic E-state index is 13.1. The summed E-state index contributed by atoms with van der Waals surface area (Å²) in [5.74, 6) is -0.0732. The average molecular weight is 411 g/mol. The van der Waals surface area contributed by atoms with Gasteiger partial charge in [-0.25, -0.2) is 0 Å². The summed E-state index contributed by atoms with van der Waals surface area (Å²) >= 11 is 12.1. The van der Waals surface area contributed by atoms with Gasteiger partial charge in [0.15, 0.2) is 5.78 Å². The maximum Gasteiger partial charge on any atom is 0.205 e. The lowest BCUT2D eigenvalue weighted by molar-refractivity contribution is -0.117. The van der Waals surface area contributed by atoms with E-state index in [9.17, 15) is 10.1 Å². The number of carbonyl (C=O) groups excluding carboxylic acids is 1. The molecule has 0 radical (unpaired) electrons. The van der Waals surface area contributed by atoms with Crippen LogP contribution in [0.4, 0.5) is 0 Å². The first-order valence-electron chi connectivity index (χ1n) is 8.82. The van der Waals surface area contributed by atoms with Gasteiger partial charge in [0, 0.05) is 28.5 Å². The summed E-state index contributed by atoms with van der Waals surface area (Å²) in [6.45, 7) is 0. The molecule has 0 fully saturated rings. The van der Waals surface area contributed by atoms with E-state index in [4.69, 9.17) is 33.7 Å². The quantitative estimate of drug-likeness (QED) is 0.737. The Morgan fingerprint density at radius 3 is 2.46 bits per heavy atom. The number of nitrogens with zero attached hydrogens (tertiary/aromatic N) is 1. The zero-order valence-corrected chi connectivity index (χ0v) is 16.3. The Balaban J connectivity index is 1.78. The molecule has 4 nitrogen and oxygen atoms in total. The van der Waals surface area contributed by atoms with E-state index in [1.807, 2.05) is 30.3 Å². The van der Waals surface area contributed by atoms with Gasteiger partial charge in [0.2, 0.25) is 5.88 Å². The Bertz CT molecular complexity index is 1060. The fraction of sp³-hybridized carbons (Fsp3) is 0.182. The second kappa shape index (κ2) is 7.35. The molecular formula is C22H16Cl2N2O2. The van der Waals surface area contributed by atoms with Crippen molar-refractivity contribution >= 4 is 29.0 Å². The summed E-state index contributed by atoms with van der Waals surface area (Å²) in [7, 11) is 0. The highest BCUT2D eigenvalue weighted by atomic mass is 35.5. The summed E-state index contributed by atoms with van der Waals surface area (Å²) < 4.78 is 5.76. The highest BCUT2D eigenvalue weighted by Gasteiger charge is 2.40. The molecule has 0 amide bonds. The zero-order valence-electron chi connectivity index (χ0n) is 14.8. The van der Waals surface area contributed by atoms with Crippen LogP contribution in [0, 0.1) is 11.3 Å². The van der Waals surface area contributed by atoms with Crippen LogP contribution in [0.3, 0.4) is 0 Å². The number of carbonyl (C=O) groups is 1. The summed E-state index contributed by atoms with van der Waals surface area (Å²) in [5.41, 5.74) is 8.57. The van der Waals surface area contributed by atoms with Crippen LogP contribution in [0.5, 0.6) is 0 Å². The number of ketones is 1. The van der Waals surface area contributed by atoms with Gasteiger partial charge in [-0.05, 0) is 41.3 Å². The normalized spacial score (nSPS) is 21.8. The largest absolute Gasteiger partial charge is 0.444 e. The van der Waals surface area contributed by atoms with Gasteiger partial charge in [-0.2, -0.15) is 5.26 Å². The first-order valence-corrected chi connectivity index (χ1v) is 9.58. The second-order valence-electron chi connectivity index (χ2n) is 6.90. The number of halogens is 2. The Labute approximate surface area is 172 Å². The third-order valence-corrected chi connectivity index (χ3v) is 5.67. The van der Waals surface area contributed by atoms with Crippen molar-refractivity contribution in [1.82, 2.24) is 0 Å². The molecule has 1 heterocycles. The van der Waals surface area contributed by atoms with Crippen molar-refractivity contribution in [1.29, 1.82) is 5.26 Å². The molecule has 28 heavy (non-hydrogen) atoms. The topological polar surface area (TPSA) is 76.1 Å². The predicted octanol–water partition coefficient (Wildman–Crippen LogP) is 5.20. The smallest absolute Gasteiger partial charge is 0.205 e. The van der Waals surface area contributed by atoms with Gasteiger partial charge >= 0.3 is 0 Å². The molecule has 0 aromatic heterocycles. The molecule has 1 aliphatic carbocycles. The summed E-state index contributed by atoms with van der Waals surface area (Å²) in [6.07, 6.45) is 0.843. The SMILES string of the molecule is N#CC1=C(N)OC2=C(C(=O)C[C@H](c3cccc(Cl)c3)C2)[C@H]1c1ccc(Cl)cc1. The zero-order chi connectivity index (χ0) is 19.8. The van der Waals surface area contributed by atoms with Gasteiger partial charge in [-0.15, -0.1) is 0 Å². The minimum atomic E-state index is -0.543. The number of nitrogens with two attached hydrogens (primary N) is 1. The van der Waals surface area contributed by atoms with Crippen LogP contribution < -0.4 is 5.73 Å². The Morgan fingerprint density at radius 1 is 1.04 bits per heavy atom. The van der Waals surface area contributed by atoms with Gasteiger partial charge in [-0.3, -0.25) is 4.79 Å². The van der Waals surface area contributed by atoms with Crippen molar-refractivity contribution in [3.8, 4) is 6.07 Å². The summed E-state index contributed by atoms with van der Waals surface area (Å²) in [5, 5.41) is 10.8. The molecule has 0 saturated heterocycles. The van der Waals surface area contributed by atoms with Crippen LogP contribution in [-0.4, -0.2) is 5.78 Å². The number of rotatable bonds is 2. The van der Waals surface area contributed by atoms with Crippen LogP contribution in [-0.2, 0) is 9.53 Å². The van der Waals surface area contributed by atoms with Crippen LogP contribution in [0.1, 0.15) is 35.8 Å². The van der Waals surface area contributed by atoms with Crippen molar-refractivity contribution in [2.45, 2.75) is 24.7 Å². The maximum atomic E-state index is 13.1. The van der Waals surface area contributed by atoms with Crippen molar-refractivity contribution in [2.75, 3.05) is 0 Å². The molecule has 2 aromatic carbocycles. The lowest BCUT2D eigenvalue weighted by atomic mass is 9.73. The van der Waals surface area contributed by atoms with E-state index in [1.54, 1.807) is 18.2 Å². The average Bonchev–Trinajstić information content (AvgIpc) is 2.67. The molecule has 0 saturated carbocycles. The van der Waals surface area contributed by atoms with Crippen molar-refractivity contribution in [3.63, 3.8) is 0 Å². The molecule has 1 aliphatic heterocycles. The summed E-state index contributed by atoms with van der Waals surface area (Å²) in [6, 6.07) is 16.7. The molecule has 140 valence electrons. The number of ether oxygens (including phenoxy) is 1. The summed E-state index contributed by atoms with van der Waals surface area (Å²) in [4.78, 5) is 13.1. The van der Waals surface area contributed by atoms with E-state index in [0.29, 0.717) is 34.2 Å². The fourth-order valence-corrected chi connectivity index (χ4v) is 4.22. The second-order valence-corrected chi connectivity index (χ2v) is 7.77. The van der Waals surface area contributed by atoms with Crippen molar-refractivity contribution in [3.05, 3.63) is 92.5 Å². The third kappa shape index (κ3) is 3.28. The number of benzene rings is 2. The van der Waals surface area contributed by atoms with Crippen molar-refractivity contribution < 1.29 is 9.53 Å². The number of hydrogen-bond acceptors (Lipinski definition) is 4. The number of allylic oxidation sites excluding steroid dienone is 3. The van der Waals surface area contributed by atoms with Gasteiger partial charge in [-0.1, -0.05) is 47.5 Å². The molecule has 2 N–H and O–H groups in total. The minimum Gasteiger partial charge on any atom is -0.444 e. The van der Waals surface area contributed by atoms with Crippen LogP contribution in [0.25, 0.3) is 0 Å². The van der Waals surface area contributed by atoms with E-state index < -0.39 is 5.92 Å². The molecule has 2 aliphatic rings. The molecule has 4 rings (SSSR count). The van der Waals surface area contributed by atoms with E-state index in [2.05, 4.69) is 6.07 Å². The van der Waals surface area contributed by atoms with E-state index >= 15 is 0 Å². The third-order valence-electron chi connectivity index (χ3n) is 5.18. The Morgan fingerprint density at radius 2 is 1.79 bits per heavy atom. The lowest BCUT2D eigenvalue weighted by Gasteiger charge is -2.34.